The van der Waals surface area contributed by atoms with E-state index in [-0.39, 0.29) is 24.1 Å². The zero-order valence-electron chi connectivity index (χ0n) is 20.8. The number of rotatable bonds is 10. The van der Waals surface area contributed by atoms with Gasteiger partial charge in [-0.25, -0.2) is 4.79 Å². The molecule has 1 aromatic rings. The zero-order valence-corrected chi connectivity index (χ0v) is 21.7. The van der Waals surface area contributed by atoms with Gasteiger partial charge < -0.3 is 25.4 Å². The second-order valence-corrected chi connectivity index (χ2v) is 9.71. The fraction of sp³-hybridized carbons (Fsp3) is 0.625. The van der Waals surface area contributed by atoms with Crippen LogP contribution in [-0.4, -0.2) is 57.9 Å². The van der Waals surface area contributed by atoms with Crippen LogP contribution < -0.4 is 10.6 Å². The Morgan fingerprint density at radius 3 is 2.33 bits per heavy atom. The molecule has 0 saturated carbocycles. The Kier molecular flexibility index (Phi) is 11.0. The lowest BCUT2D eigenvalue weighted by Crippen LogP contribution is -2.54. The Labute approximate surface area is 202 Å². The summed E-state index contributed by atoms with van der Waals surface area (Å²) < 4.78 is 5.29. The third-order valence-corrected chi connectivity index (χ3v) is 5.13. The number of nitrogens with zero attached hydrogens (tertiary/aromatic N) is 1. The number of phenolic OH excluding ortho intramolecular Hbond substituents is 1. The molecule has 0 saturated heterocycles. The maximum Gasteiger partial charge on any atom is 0.408 e. The SMILES string of the molecule is CCCCN(C(=O)C(CS)NC(=O)OC(C)(C)C)C(C(=O)NC(C)C)c1cccc(C)c1O. The van der Waals surface area contributed by atoms with Crippen molar-refractivity contribution >= 4 is 30.5 Å². The number of para-hydroxylation sites is 1. The van der Waals surface area contributed by atoms with E-state index in [9.17, 15) is 19.5 Å². The molecule has 0 bridgehead atoms. The number of aromatic hydroxyl groups is 1. The van der Waals surface area contributed by atoms with E-state index in [2.05, 4.69) is 23.3 Å². The topological polar surface area (TPSA) is 108 Å². The van der Waals surface area contributed by atoms with Gasteiger partial charge in [0.05, 0.1) is 0 Å². The number of carbonyl (C=O) groups excluding carboxylic acids is 3. The molecule has 0 aromatic heterocycles. The molecule has 186 valence electrons. The van der Waals surface area contributed by atoms with Crippen molar-refractivity contribution in [2.24, 2.45) is 0 Å². The highest BCUT2D eigenvalue weighted by Gasteiger charge is 2.37. The van der Waals surface area contributed by atoms with Gasteiger partial charge in [0.15, 0.2) is 0 Å². The minimum Gasteiger partial charge on any atom is -0.507 e. The van der Waals surface area contributed by atoms with E-state index in [0.29, 0.717) is 17.5 Å². The molecule has 0 heterocycles. The van der Waals surface area contributed by atoms with Gasteiger partial charge >= 0.3 is 6.09 Å². The molecule has 2 unspecified atom stereocenters. The smallest absolute Gasteiger partial charge is 0.408 e. The Morgan fingerprint density at radius 2 is 1.82 bits per heavy atom. The number of carbonyl (C=O) groups is 3. The van der Waals surface area contributed by atoms with Crippen molar-refractivity contribution in [1.82, 2.24) is 15.5 Å². The predicted molar refractivity (Wildman–Crippen MR) is 132 cm³/mol. The number of amides is 3. The molecule has 3 N–H and O–H groups in total. The minimum atomic E-state index is -1.07. The molecule has 0 aliphatic rings. The lowest BCUT2D eigenvalue weighted by Gasteiger charge is -2.35. The third-order valence-electron chi connectivity index (χ3n) is 4.76. The average molecular weight is 482 g/mol. The largest absolute Gasteiger partial charge is 0.507 e. The summed E-state index contributed by atoms with van der Waals surface area (Å²) in [4.78, 5) is 40.7. The second kappa shape index (κ2) is 12.7. The number of benzene rings is 1. The number of thiol groups is 1. The van der Waals surface area contributed by atoms with E-state index in [1.54, 1.807) is 45.9 Å². The van der Waals surface area contributed by atoms with Crippen LogP contribution in [0, 0.1) is 6.92 Å². The summed E-state index contributed by atoms with van der Waals surface area (Å²) in [5.74, 6) is -0.920. The molecule has 33 heavy (non-hydrogen) atoms. The van der Waals surface area contributed by atoms with E-state index in [1.807, 2.05) is 20.8 Å². The van der Waals surface area contributed by atoms with Crippen LogP contribution in [0.3, 0.4) is 0 Å². The number of alkyl carbamates (subject to hydrolysis) is 1. The van der Waals surface area contributed by atoms with Crippen LogP contribution in [0.15, 0.2) is 18.2 Å². The number of aryl methyl sites for hydroxylation is 1. The Hall–Kier alpha value is -2.42. The zero-order chi connectivity index (χ0) is 25.3. The maximum absolute atomic E-state index is 13.6. The highest BCUT2D eigenvalue weighted by atomic mass is 32.1. The summed E-state index contributed by atoms with van der Waals surface area (Å²) in [5.41, 5.74) is 0.187. The van der Waals surface area contributed by atoms with E-state index in [1.165, 1.54) is 4.90 Å². The molecule has 8 nitrogen and oxygen atoms in total. The first kappa shape index (κ1) is 28.6. The number of ether oxygens (including phenoxy) is 1. The fourth-order valence-corrected chi connectivity index (χ4v) is 3.49. The Morgan fingerprint density at radius 1 is 1.18 bits per heavy atom. The van der Waals surface area contributed by atoms with Gasteiger partial charge in [-0.2, -0.15) is 12.6 Å². The van der Waals surface area contributed by atoms with Gasteiger partial charge in [0.1, 0.15) is 23.4 Å². The normalized spacial score (nSPS) is 13.2. The fourth-order valence-electron chi connectivity index (χ4n) is 3.25. The molecule has 9 heteroatoms. The molecule has 0 fully saturated rings. The summed E-state index contributed by atoms with van der Waals surface area (Å²) in [7, 11) is 0. The molecule has 1 rings (SSSR count). The molecule has 0 aliphatic carbocycles. The Bertz CT molecular complexity index is 823. The van der Waals surface area contributed by atoms with E-state index in [0.717, 1.165) is 6.42 Å². The molecular weight excluding hydrogens is 442 g/mol. The van der Waals surface area contributed by atoms with Crippen LogP contribution >= 0.6 is 12.6 Å². The number of unbranched alkanes of at least 4 members (excludes halogenated alkanes) is 1. The molecule has 1 aromatic carbocycles. The molecule has 3 amide bonds. The quantitative estimate of drug-likeness (QED) is 0.381. The monoisotopic (exact) mass is 481 g/mol. The lowest BCUT2D eigenvalue weighted by atomic mass is 9.98. The van der Waals surface area contributed by atoms with Crippen LogP contribution in [0.4, 0.5) is 4.79 Å². The van der Waals surface area contributed by atoms with E-state index < -0.39 is 35.6 Å². The van der Waals surface area contributed by atoms with Gasteiger partial charge in [-0.15, -0.1) is 0 Å². The number of nitrogens with one attached hydrogen (secondary N) is 2. The molecule has 2 atom stereocenters. The van der Waals surface area contributed by atoms with Crippen molar-refractivity contribution in [2.45, 2.75) is 85.0 Å². The molecular formula is C24H39N3O5S. The average Bonchev–Trinajstić information content (AvgIpc) is 2.69. The van der Waals surface area contributed by atoms with Crippen LogP contribution in [0.1, 0.15) is 71.6 Å². The van der Waals surface area contributed by atoms with Gasteiger partial charge in [0, 0.05) is 23.9 Å². The first-order valence-electron chi connectivity index (χ1n) is 11.3. The van der Waals surface area contributed by atoms with Crippen LogP contribution in [-0.2, 0) is 14.3 Å². The summed E-state index contributed by atoms with van der Waals surface area (Å²) in [6, 6.07) is 2.84. The highest BCUT2D eigenvalue weighted by molar-refractivity contribution is 7.80. The summed E-state index contributed by atoms with van der Waals surface area (Å²) in [6.45, 7) is 12.8. The van der Waals surface area contributed by atoms with Crippen LogP contribution in [0.25, 0.3) is 0 Å². The summed E-state index contributed by atoms with van der Waals surface area (Å²) in [6.07, 6.45) is 0.676. The van der Waals surface area contributed by atoms with Gasteiger partial charge in [0.2, 0.25) is 11.8 Å². The van der Waals surface area contributed by atoms with Crippen molar-refractivity contribution in [1.29, 1.82) is 0 Å². The molecule has 0 radical (unpaired) electrons. The highest BCUT2D eigenvalue weighted by Crippen LogP contribution is 2.32. The Balaban J connectivity index is 3.43. The van der Waals surface area contributed by atoms with Crippen molar-refractivity contribution in [2.75, 3.05) is 12.3 Å². The first-order valence-corrected chi connectivity index (χ1v) is 11.9. The molecule has 0 spiro atoms. The van der Waals surface area contributed by atoms with Gasteiger partial charge in [-0.05, 0) is 53.5 Å². The van der Waals surface area contributed by atoms with Gasteiger partial charge in [0.25, 0.3) is 0 Å². The van der Waals surface area contributed by atoms with Crippen molar-refractivity contribution in [3.8, 4) is 5.75 Å². The third kappa shape index (κ3) is 8.79. The van der Waals surface area contributed by atoms with E-state index >= 15 is 0 Å². The van der Waals surface area contributed by atoms with Crippen LogP contribution in [0.5, 0.6) is 5.75 Å². The van der Waals surface area contributed by atoms with Crippen molar-refractivity contribution in [3.63, 3.8) is 0 Å². The molecule has 0 aliphatic heterocycles. The first-order chi connectivity index (χ1) is 15.3. The number of hydrogen-bond donors (Lipinski definition) is 4. The summed E-state index contributed by atoms with van der Waals surface area (Å²) >= 11 is 4.26. The van der Waals surface area contributed by atoms with Crippen LogP contribution in [0.2, 0.25) is 0 Å². The van der Waals surface area contributed by atoms with Crippen molar-refractivity contribution < 1.29 is 24.2 Å². The second-order valence-electron chi connectivity index (χ2n) is 9.35. The van der Waals surface area contributed by atoms with E-state index in [4.69, 9.17) is 4.74 Å². The number of phenols is 1. The van der Waals surface area contributed by atoms with Gasteiger partial charge in [-0.1, -0.05) is 31.5 Å². The van der Waals surface area contributed by atoms with Gasteiger partial charge in [-0.3, -0.25) is 9.59 Å². The maximum atomic E-state index is 13.6. The van der Waals surface area contributed by atoms with Crippen molar-refractivity contribution in [3.05, 3.63) is 29.3 Å². The lowest BCUT2D eigenvalue weighted by molar-refractivity contribution is -0.142. The number of hydrogen-bond acceptors (Lipinski definition) is 6. The minimum absolute atomic E-state index is 0.0129. The standard InChI is InChI=1S/C24H39N3O5S/c1-8-9-13-27(22(30)18(14-33)26-23(31)32-24(5,6)7)19(21(29)25-15(2)3)17-12-10-11-16(4)20(17)28/h10-12,15,18-19,28,33H,8-9,13-14H2,1-7H3,(H,25,29)(H,26,31). The predicted octanol–water partition coefficient (Wildman–Crippen LogP) is 3.72. The summed E-state index contributed by atoms with van der Waals surface area (Å²) in [5, 5.41) is 16.2.